The van der Waals surface area contributed by atoms with E-state index >= 15 is 0 Å². The zero-order chi connectivity index (χ0) is 14.2. The number of fused-ring (bicyclic) bond motifs is 1. The average molecular weight is 273 g/mol. The summed E-state index contributed by atoms with van der Waals surface area (Å²) in [6.45, 7) is 12.7. The van der Waals surface area contributed by atoms with Crippen LogP contribution in [0.25, 0.3) is 0 Å². The first-order valence-corrected chi connectivity index (χ1v) is 7.91. The lowest BCUT2D eigenvalue weighted by molar-refractivity contribution is 0.128. The smallest absolute Gasteiger partial charge is 0.0420 e. The van der Waals surface area contributed by atoms with Crippen LogP contribution >= 0.6 is 0 Å². The SMILES string of the molecule is CC(C)(C)N1CCN(c2cccc3c2CCCN3)CC1. The second-order valence-corrected chi connectivity index (χ2v) is 6.98. The van der Waals surface area contributed by atoms with Crippen molar-refractivity contribution in [3.05, 3.63) is 23.8 Å². The van der Waals surface area contributed by atoms with Crippen LogP contribution in [0.5, 0.6) is 0 Å². The van der Waals surface area contributed by atoms with E-state index in [1.807, 2.05) is 0 Å². The van der Waals surface area contributed by atoms with Gasteiger partial charge in [0.1, 0.15) is 0 Å². The molecule has 0 atom stereocenters. The quantitative estimate of drug-likeness (QED) is 0.848. The maximum absolute atomic E-state index is 3.54. The van der Waals surface area contributed by atoms with Crippen LogP contribution in [0, 0.1) is 0 Å². The zero-order valence-corrected chi connectivity index (χ0v) is 13.1. The molecule has 0 aliphatic carbocycles. The lowest BCUT2D eigenvalue weighted by Crippen LogP contribution is -2.53. The first kappa shape index (κ1) is 13.7. The fraction of sp³-hybridized carbons (Fsp3) is 0.647. The number of rotatable bonds is 1. The van der Waals surface area contributed by atoms with Crippen molar-refractivity contribution < 1.29 is 0 Å². The Labute approximate surface area is 123 Å². The highest BCUT2D eigenvalue weighted by atomic mass is 15.3. The highest BCUT2D eigenvalue weighted by Crippen LogP contribution is 2.32. The van der Waals surface area contributed by atoms with Crippen molar-refractivity contribution >= 4 is 11.4 Å². The Kier molecular flexibility index (Phi) is 3.63. The van der Waals surface area contributed by atoms with Gasteiger partial charge in [-0.3, -0.25) is 4.90 Å². The highest BCUT2D eigenvalue weighted by Gasteiger charge is 2.27. The molecule has 0 saturated carbocycles. The maximum atomic E-state index is 3.54. The van der Waals surface area contributed by atoms with Gasteiger partial charge in [0, 0.05) is 49.6 Å². The first-order chi connectivity index (χ1) is 9.55. The minimum absolute atomic E-state index is 0.295. The monoisotopic (exact) mass is 273 g/mol. The summed E-state index contributed by atoms with van der Waals surface area (Å²) in [4.78, 5) is 5.17. The normalized spacial score (nSPS) is 20.4. The van der Waals surface area contributed by atoms with Gasteiger partial charge in [-0.15, -0.1) is 0 Å². The molecular weight excluding hydrogens is 246 g/mol. The van der Waals surface area contributed by atoms with Gasteiger partial charge in [-0.25, -0.2) is 0 Å². The lowest BCUT2D eigenvalue weighted by atomic mass is 9.99. The van der Waals surface area contributed by atoms with Gasteiger partial charge in [-0.1, -0.05) is 6.07 Å². The van der Waals surface area contributed by atoms with Crippen molar-refractivity contribution in [1.82, 2.24) is 4.90 Å². The third-order valence-electron chi connectivity index (χ3n) is 4.64. The van der Waals surface area contributed by atoms with Gasteiger partial charge >= 0.3 is 0 Å². The van der Waals surface area contributed by atoms with E-state index in [1.54, 1.807) is 0 Å². The Morgan fingerprint density at radius 3 is 2.50 bits per heavy atom. The van der Waals surface area contributed by atoms with Crippen molar-refractivity contribution in [2.45, 2.75) is 39.2 Å². The third kappa shape index (κ3) is 2.64. The van der Waals surface area contributed by atoms with Gasteiger partial charge < -0.3 is 10.2 Å². The predicted molar refractivity (Wildman–Crippen MR) is 86.8 cm³/mol. The van der Waals surface area contributed by atoms with Gasteiger partial charge in [-0.05, 0) is 51.3 Å². The average Bonchev–Trinajstić information content (AvgIpc) is 2.46. The van der Waals surface area contributed by atoms with Gasteiger partial charge in [0.15, 0.2) is 0 Å². The largest absolute Gasteiger partial charge is 0.385 e. The van der Waals surface area contributed by atoms with Crippen LogP contribution < -0.4 is 10.2 Å². The molecular formula is C17H27N3. The van der Waals surface area contributed by atoms with Crippen LogP contribution in [0.4, 0.5) is 11.4 Å². The molecule has 0 unspecified atom stereocenters. The van der Waals surface area contributed by atoms with E-state index in [4.69, 9.17) is 0 Å². The predicted octanol–water partition coefficient (Wildman–Crippen LogP) is 2.97. The molecule has 0 radical (unpaired) electrons. The van der Waals surface area contributed by atoms with Crippen LogP contribution in [0.15, 0.2) is 18.2 Å². The second kappa shape index (κ2) is 5.28. The third-order valence-corrected chi connectivity index (χ3v) is 4.64. The van der Waals surface area contributed by atoms with E-state index in [0.717, 1.165) is 19.6 Å². The molecule has 3 nitrogen and oxygen atoms in total. The molecule has 1 aromatic carbocycles. The van der Waals surface area contributed by atoms with E-state index in [2.05, 4.69) is 54.1 Å². The van der Waals surface area contributed by atoms with Crippen molar-refractivity contribution in [3.63, 3.8) is 0 Å². The van der Waals surface area contributed by atoms with Gasteiger partial charge in [-0.2, -0.15) is 0 Å². The number of benzene rings is 1. The van der Waals surface area contributed by atoms with Crippen LogP contribution in [0.2, 0.25) is 0 Å². The summed E-state index contributed by atoms with van der Waals surface area (Å²) in [5, 5.41) is 3.54. The second-order valence-electron chi connectivity index (χ2n) is 6.98. The lowest BCUT2D eigenvalue weighted by Gasteiger charge is -2.43. The van der Waals surface area contributed by atoms with Crippen LogP contribution in [-0.4, -0.2) is 43.2 Å². The van der Waals surface area contributed by atoms with E-state index in [-0.39, 0.29) is 0 Å². The summed E-state index contributed by atoms with van der Waals surface area (Å²) in [7, 11) is 0. The summed E-state index contributed by atoms with van der Waals surface area (Å²) in [6.07, 6.45) is 2.48. The Balaban J connectivity index is 1.76. The maximum Gasteiger partial charge on any atom is 0.0420 e. The summed E-state index contributed by atoms with van der Waals surface area (Å²) >= 11 is 0. The van der Waals surface area contributed by atoms with E-state index in [0.29, 0.717) is 5.54 Å². The van der Waals surface area contributed by atoms with Gasteiger partial charge in [0.2, 0.25) is 0 Å². The molecule has 0 bridgehead atoms. The molecule has 1 saturated heterocycles. The molecule has 0 spiro atoms. The zero-order valence-electron chi connectivity index (χ0n) is 13.1. The summed E-state index contributed by atoms with van der Waals surface area (Å²) < 4.78 is 0. The minimum atomic E-state index is 0.295. The first-order valence-electron chi connectivity index (χ1n) is 7.91. The summed E-state index contributed by atoms with van der Waals surface area (Å²) in [5.74, 6) is 0. The van der Waals surface area contributed by atoms with Crippen molar-refractivity contribution in [2.24, 2.45) is 0 Å². The Bertz CT molecular complexity index is 468. The Morgan fingerprint density at radius 1 is 1.05 bits per heavy atom. The van der Waals surface area contributed by atoms with Crippen molar-refractivity contribution in [2.75, 3.05) is 42.9 Å². The van der Waals surface area contributed by atoms with Crippen LogP contribution in [-0.2, 0) is 6.42 Å². The molecule has 20 heavy (non-hydrogen) atoms. The van der Waals surface area contributed by atoms with Crippen LogP contribution in [0.1, 0.15) is 32.8 Å². The topological polar surface area (TPSA) is 18.5 Å². The number of hydrogen-bond acceptors (Lipinski definition) is 3. The molecule has 1 aromatic rings. The Morgan fingerprint density at radius 2 is 1.80 bits per heavy atom. The van der Waals surface area contributed by atoms with E-state index < -0.39 is 0 Å². The van der Waals surface area contributed by atoms with Crippen molar-refractivity contribution in [3.8, 4) is 0 Å². The molecule has 110 valence electrons. The highest BCUT2D eigenvalue weighted by molar-refractivity contribution is 5.68. The molecule has 3 heteroatoms. The summed E-state index contributed by atoms with van der Waals surface area (Å²) in [6, 6.07) is 6.73. The van der Waals surface area contributed by atoms with Crippen molar-refractivity contribution in [1.29, 1.82) is 0 Å². The van der Waals surface area contributed by atoms with Crippen LogP contribution in [0.3, 0.4) is 0 Å². The molecule has 1 fully saturated rings. The van der Waals surface area contributed by atoms with E-state index in [9.17, 15) is 0 Å². The fourth-order valence-electron chi connectivity index (χ4n) is 3.41. The van der Waals surface area contributed by atoms with Gasteiger partial charge in [0.05, 0.1) is 0 Å². The molecule has 0 aromatic heterocycles. The number of piperazine rings is 1. The molecule has 2 aliphatic heterocycles. The number of nitrogens with zero attached hydrogens (tertiary/aromatic N) is 2. The number of nitrogens with one attached hydrogen (secondary N) is 1. The number of anilines is 2. The molecule has 2 aliphatic rings. The minimum Gasteiger partial charge on any atom is -0.385 e. The molecule has 2 heterocycles. The molecule has 1 N–H and O–H groups in total. The Hall–Kier alpha value is -1.22. The summed E-state index contributed by atoms with van der Waals surface area (Å²) in [5.41, 5.74) is 4.64. The number of hydrogen-bond donors (Lipinski definition) is 1. The van der Waals surface area contributed by atoms with Gasteiger partial charge in [0.25, 0.3) is 0 Å². The standard InChI is InChI=1S/C17H27N3/c1-17(2,3)20-12-10-19(11-13-20)16-8-4-7-15-14(16)6-5-9-18-15/h4,7-8,18H,5-6,9-13H2,1-3H3. The molecule has 0 amide bonds. The van der Waals surface area contributed by atoms with E-state index in [1.165, 1.54) is 42.9 Å². The molecule has 3 rings (SSSR count). The fourth-order valence-corrected chi connectivity index (χ4v) is 3.41.